The van der Waals surface area contributed by atoms with Gasteiger partial charge >= 0.3 is 0 Å². The molecule has 4 rings (SSSR count). The van der Waals surface area contributed by atoms with Crippen molar-refractivity contribution in [3.8, 4) is 17.2 Å². The molecule has 2 aromatic carbocycles. The second-order valence-electron chi connectivity index (χ2n) is 7.14. The summed E-state index contributed by atoms with van der Waals surface area (Å²) in [5, 5.41) is 10.4. The first-order valence-electron chi connectivity index (χ1n) is 9.42. The van der Waals surface area contributed by atoms with Crippen molar-refractivity contribution in [2.75, 3.05) is 20.2 Å². The topological polar surface area (TPSA) is 60.2 Å². The van der Waals surface area contributed by atoms with Crippen LogP contribution in [0.3, 0.4) is 0 Å². The fraction of sp³-hybridized carbons (Fsp3) is 0.318. The van der Waals surface area contributed by atoms with E-state index in [1.54, 1.807) is 25.3 Å². The van der Waals surface area contributed by atoms with Crippen molar-refractivity contribution < 1.29 is 24.3 Å². The number of Topliss-reactive ketones (excluding diaryl/α,β-unsaturated/α-hetero) is 1. The van der Waals surface area contributed by atoms with Crippen molar-refractivity contribution in [2.24, 2.45) is 0 Å². The van der Waals surface area contributed by atoms with Crippen molar-refractivity contribution in [1.29, 1.82) is 0 Å². The summed E-state index contributed by atoms with van der Waals surface area (Å²) in [5.41, 5.74) is 2.12. The van der Waals surface area contributed by atoms with Gasteiger partial charge < -0.3 is 19.5 Å². The number of allylic oxidation sites excluding steroid dienone is 1. The molecule has 0 aromatic heterocycles. The first kappa shape index (κ1) is 17.6. The Labute approximate surface area is 158 Å². The number of aromatic hydroxyl groups is 1. The Morgan fingerprint density at radius 2 is 1.85 bits per heavy atom. The van der Waals surface area contributed by atoms with Gasteiger partial charge in [-0.2, -0.15) is 0 Å². The minimum atomic E-state index is -0.143. The number of hydrogen-bond donors (Lipinski definition) is 2. The molecular formula is C22H24NO4+. The number of ketones is 1. The van der Waals surface area contributed by atoms with Gasteiger partial charge in [-0.3, -0.25) is 4.79 Å². The van der Waals surface area contributed by atoms with E-state index in [4.69, 9.17) is 9.47 Å². The monoisotopic (exact) mass is 366 g/mol. The zero-order valence-corrected chi connectivity index (χ0v) is 15.5. The number of hydrogen-bond acceptors (Lipinski definition) is 4. The van der Waals surface area contributed by atoms with Crippen LogP contribution in [-0.4, -0.2) is 31.1 Å². The Bertz CT molecular complexity index is 880. The van der Waals surface area contributed by atoms with Crippen LogP contribution in [0.1, 0.15) is 40.7 Å². The molecule has 2 heterocycles. The summed E-state index contributed by atoms with van der Waals surface area (Å²) in [5.74, 6) is 1.62. The summed E-state index contributed by atoms with van der Waals surface area (Å²) in [4.78, 5) is 14.2. The van der Waals surface area contributed by atoms with Crippen molar-refractivity contribution in [2.45, 2.75) is 25.8 Å². The third-order valence-electron chi connectivity index (χ3n) is 5.32. The fourth-order valence-electron chi connectivity index (χ4n) is 3.80. The molecule has 140 valence electrons. The average Bonchev–Trinajstić information content (AvgIpc) is 3.01. The van der Waals surface area contributed by atoms with Crippen LogP contribution in [0, 0.1) is 0 Å². The van der Waals surface area contributed by atoms with Gasteiger partial charge in [-0.15, -0.1) is 0 Å². The summed E-state index contributed by atoms with van der Waals surface area (Å²) < 4.78 is 11.1. The van der Waals surface area contributed by atoms with E-state index in [-0.39, 0.29) is 17.3 Å². The highest BCUT2D eigenvalue weighted by Crippen LogP contribution is 2.39. The highest BCUT2D eigenvalue weighted by Gasteiger charge is 2.32. The molecule has 0 aliphatic carbocycles. The zero-order chi connectivity index (χ0) is 18.8. The number of quaternary nitrogens is 1. The van der Waals surface area contributed by atoms with E-state index < -0.39 is 0 Å². The highest BCUT2D eigenvalue weighted by atomic mass is 16.5. The highest BCUT2D eigenvalue weighted by molar-refractivity contribution is 6.14. The number of phenolic OH excluding ortho intramolecular Hbond substituents is 1. The lowest BCUT2D eigenvalue weighted by Gasteiger charge is -2.24. The smallest absolute Gasteiger partial charge is 0.231 e. The molecule has 0 spiro atoms. The number of piperidine rings is 1. The number of benzene rings is 2. The van der Waals surface area contributed by atoms with Gasteiger partial charge in [-0.1, -0.05) is 12.1 Å². The van der Waals surface area contributed by atoms with Crippen molar-refractivity contribution in [3.63, 3.8) is 0 Å². The van der Waals surface area contributed by atoms with E-state index in [0.717, 1.165) is 30.0 Å². The number of ether oxygens (including phenoxy) is 2. The third kappa shape index (κ3) is 3.55. The van der Waals surface area contributed by atoms with Crippen LogP contribution in [0.15, 0.2) is 42.2 Å². The number of fused-ring (bicyclic) bond motifs is 1. The van der Waals surface area contributed by atoms with E-state index in [1.165, 1.54) is 24.2 Å². The molecule has 2 aliphatic rings. The molecule has 0 radical (unpaired) electrons. The molecule has 0 amide bonds. The number of nitrogens with one attached hydrogen (secondary N) is 1. The van der Waals surface area contributed by atoms with E-state index in [0.29, 0.717) is 17.9 Å². The number of rotatable bonds is 4. The Kier molecular flexibility index (Phi) is 4.86. The standard InChI is InChI=1S/C22H23NO4/c1-26-16-7-5-15(6-8-16)13-20-21(25)17-9-10-19(24)18(22(17)27-20)14-23-11-3-2-4-12-23/h5-10,13,24H,2-4,11-12,14H2,1H3/p+1/b20-13-. The normalized spacial score (nSPS) is 18.4. The van der Waals surface area contributed by atoms with Crippen molar-refractivity contribution in [3.05, 3.63) is 58.8 Å². The maximum Gasteiger partial charge on any atom is 0.231 e. The fourth-order valence-corrected chi connectivity index (χ4v) is 3.80. The summed E-state index contributed by atoms with van der Waals surface area (Å²) in [7, 11) is 1.62. The molecule has 0 bridgehead atoms. The van der Waals surface area contributed by atoms with E-state index in [2.05, 4.69) is 0 Å². The van der Waals surface area contributed by atoms with Gasteiger partial charge in [0.1, 0.15) is 18.0 Å². The molecule has 0 unspecified atom stereocenters. The molecule has 1 fully saturated rings. The van der Waals surface area contributed by atoms with Gasteiger partial charge in [0.05, 0.1) is 31.3 Å². The van der Waals surface area contributed by atoms with Gasteiger partial charge in [0, 0.05) is 0 Å². The van der Waals surface area contributed by atoms with Gasteiger partial charge in [0.25, 0.3) is 0 Å². The van der Waals surface area contributed by atoms with Gasteiger partial charge in [-0.05, 0) is 55.2 Å². The van der Waals surface area contributed by atoms with Crippen LogP contribution >= 0.6 is 0 Å². The van der Waals surface area contributed by atoms with Crippen molar-refractivity contribution >= 4 is 11.9 Å². The van der Waals surface area contributed by atoms with Crippen LogP contribution in [-0.2, 0) is 6.54 Å². The summed E-state index contributed by atoms with van der Waals surface area (Å²) >= 11 is 0. The Hall–Kier alpha value is -2.79. The summed E-state index contributed by atoms with van der Waals surface area (Å²) in [6.07, 6.45) is 5.41. The van der Waals surface area contributed by atoms with Crippen molar-refractivity contribution in [1.82, 2.24) is 0 Å². The average molecular weight is 366 g/mol. The first-order valence-corrected chi connectivity index (χ1v) is 9.42. The van der Waals surface area contributed by atoms with Gasteiger partial charge in [0.15, 0.2) is 11.5 Å². The molecule has 0 saturated carbocycles. The number of carbonyl (C=O) groups excluding carboxylic acids is 1. The largest absolute Gasteiger partial charge is 0.507 e. The lowest BCUT2D eigenvalue weighted by molar-refractivity contribution is -0.918. The molecule has 2 N–H and O–H groups in total. The Balaban J connectivity index is 1.62. The van der Waals surface area contributed by atoms with E-state index in [1.807, 2.05) is 24.3 Å². The number of carbonyl (C=O) groups is 1. The van der Waals surface area contributed by atoms with Crippen LogP contribution in [0.5, 0.6) is 17.2 Å². The quantitative estimate of drug-likeness (QED) is 0.817. The van der Waals surface area contributed by atoms with Crippen LogP contribution in [0.2, 0.25) is 0 Å². The van der Waals surface area contributed by atoms with Crippen LogP contribution in [0.25, 0.3) is 6.08 Å². The second-order valence-corrected chi connectivity index (χ2v) is 7.14. The molecular weight excluding hydrogens is 342 g/mol. The van der Waals surface area contributed by atoms with Gasteiger partial charge in [-0.25, -0.2) is 0 Å². The van der Waals surface area contributed by atoms with E-state index in [9.17, 15) is 9.90 Å². The zero-order valence-electron chi connectivity index (χ0n) is 15.5. The molecule has 1 saturated heterocycles. The minimum absolute atomic E-state index is 0.143. The Morgan fingerprint density at radius 1 is 1.11 bits per heavy atom. The van der Waals surface area contributed by atoms with Gasteiger partial charge in [0.2, 0.25) is 5.78 Å². The maximum absolute atomic E-state index is 12.8. The summed E-state index contributed by atoms with van der Waals surface area (Å²) in [6.45, 7) is 2.86. The second kappa shape index (κ2) is 7.45. The maximum atomic E-state index is 12.8. The summed E-state index contributed by atoms with van der Waals surface area (Å²) in [6, 6.07) is 10.7. The first-order chi connectivity index (χ1) is 13.2. The SMILES string of the molecule is COc1ccc(/C=C2\Oc3c(ccc(O)c3C[NH+]3CCCCC3)C2=O)cc1. The predicted molar refractivity (Wildman–Crippen MR) is 102 cm³/mol. The minimum Gasteiger partial charge on any atom is -0.507 e. The lowest BCUT2D eigenvalue weighted by Crippen LogP contribution is -3.11. The molecule has 27 heavy (non-hydrogen) atoms. The van der Waals surface area contributed by atoms with Crippen LogP contribution in [0.4, 0.5) is 0 Å². The Morgan fingerprint density at radius 3 is 2.56 bits per heavy atom. The third-order valence-corrected chi connectivity index (χ3v) is 5.32. The number of likely N-dealkylation sites (tertiary alicyclic amines) is 1. The van der Waals surface area contributed by atoms with Crippen LogP contribution < -0.4 is 14.4 Å². The number of phenols is 1. The molecule has 5 nitrogen and oxygen atoms in total. The molecule has 2 aliphatic heterocycles. The predicted octanol–water partition coefficient (Wildman–Crippen LogP) is 2.59. The van der Waals surface area contributed by atoms with E-state index >= 15 is 0 Å². The number of methoxy groups -OCH3 is 1. The lowest BCUT2D eigenvalue weighted by atomic mass is 10.0. The molecule has 2 aromatic rings. The molecule has 5 heteroatoms. The molecule has 0 atom stereocenters.